The maximum atomic E-state index is 5.44. The van der Waals surface area contributed by atoms with E-state index < -0.39 is 0 Å². The molecule has 1 aromatic carbocycles. The van der Waals surface area contributed by atoms with E-state index in [-0.39, 0.29) is 13.6 Å². The van der Waals surface area contributed by atoms with Crippen LogP contribution in [0.5, 0.6) is 11.5 Å². The van der Waals surface area contributed by atoms with Crippen LogP contribution in [0.1, 0.15) is 5.56 Å². The van der Waals surface area contributed by atoms with Crippen LogP contribution in [0.2, 0.25) is 0 Å². The van der Waals surface area contributed by atoms with Crippen LogP contribution in [0.25, 0.3) is 0 Å². The van der Waals surface area contributed by atoms with Gasteiger partial charge < -0.3 is 0 Å². The molecule has 0 saturated carbocycles. The SMILES string of the molecule is COCOc1ccc(OCOC)c([C](=[Cr])OC)c1. The minimum absolute atomic E-state index is 0.169. The monoisotopic (exact) mass is 292 g/mol. The zero-order valence-electron chi connectivity index (χ0n) is 10.6. The van der Waals surface area contributed by atoms with Gasteiger partial charge in [-0.25, -0.2) is 0 Å². The second kappa shape index (κ2) is 8.25. The fraction of sp³-hybridized carbons (Fsp3) is 0.417. The van der Waals surface area contributed by atoms with Gasteiger partial charge in [0.05, 0.1) is 0 Å². The predicted octanol–water partition coefficient (Wildman–Crippen LogP) is 1.32. The van der Waals surface area contributed by atoms with E-state index in [4.69, 9.17) is 23.7 Å². The number of rotatable bonds is 8. The fourth-order valence-corrected chi connectivity index (χ4v) is 1.49. The van der Waals surface area contributed by atoms with E-state index in [2.05, 4.69) is 15.9 Å². The molecule has 0 bridgehead atoms. The second-order valence-electron chi connectivity index (χ2n) is 3.25. The van der Waals surface area contributed by atoms with Crippen molar-refractivity contribution in [1.29, 1.82) is 0 Å². The third kappa shape index (κ3) is 4.41. The summed E-state index contributed by atoms with van der Waals surface area (Å²) in [7, 11) is 4.71. The van der Waals surface area contributed by atoms with Crippen molar-refractivity contribution in [1.82, 2.24) is 0 Å². The predicted molar refractivity (Wildman–Crippen MR) is 62.6 cm³/mol. The van der Waals surface area contributed by atoms with Crippen LogP contribution < -0.4 is 9.47 Å². The first-order valence-electron chi connectivity index (χ1n) is 5.18. The topological polar surface area (TPSA) is 46.2 Å². The number of hydrogen-bond donors (Lipinski definition) is 0. The Bertz CT molecular complexity index is 394. The Balaban J connectivity index is 2.92. The summed E-state index contributed by atoms with van der Waals surface area (Å²) >= 11 is 2.83. The van der Waals surface area contributed by atoms with Crippen LogP contribution in [-0.4, -0.2) is 39.5 Å². The Hall–Kier alpha value is -0.898. The molecule has 1 rings (SSSR count). The second-order valence-corrected chi connectivity index (χ2v) is 3.83. The van der Waals surface area contributed by atoms with Crippen LogP contribution in [0, 0.1) is 0 Å². The van der Waals surface area contributed by atoms with E-state index in [9.17, 15) is 0 Å². The first kappa shape index (κ1) is 15.2. The minimum atomic E-state index is 0.169. The molecule has 0 aliphatic carbocycles. The molecule has 1 aromatic rings. The van der Waals surface area contributed by atoms with E-state index in [0.717, 1.165) is 5.56 Å². The Morgan fingerprint density at radius 2 is 1.72 bits per heavy atom. The summed E-state index contributed by atoms with van der Waals surface area (Å²) < 4.78 is 26.3. The summed E-state index contributed by atoms with van der Waals surface area (Å²) in [5.41, 5.74) is 0.767. The molecule has 0 atom stereocenters. The van der Waals surface area contributed by atoms with E-state index >= 15 is 0 Å². The fourth-order valence-electron chi connectivity index (χ4n) is 1.24. The van der Waals surface area contributed by atoms with Gasteiger partial charge in [0, 0.05) is 0 Å². The molecule has 0 fully saturated rings. The van der Waals surface area contributed by atoms with E-state index in [1.54, 1.807) is 39.5 Å². The van der Waals surface area contributed by atoms with Crippen molar-refractivity contribution in [3.8, 4) is 11.5 Å². The van der Waals surface area contributed by atoms with Crippen LogP contribution >= 0.6 is 0 Å². The van der Waals surface area contributed by atoms with Crippen LogP contribution in [0.3, 0.4) is 0 Å². The Kier molecular flexibility index (Phi) is 6.95. The molecule has 0 aliphatic rings. The normalized spacial score (nSPS) is 10.2. The van der Waals surface area contributed by atoms with Gasteiger partial charge in [-0.05, 0) is 0 Å². The van der Waals surface area contributed by atoms with Crippen molar-refractivity contribution < 1.29 is 39.5 Å². The third-order valence-corrected chi connectivity index (χ3v) is 2.64. The van der Waals surface area contributed by atoms with Gasteiger partial charge in [0.2, 0.25) is 0 Å². The standard InChI is InChI=1S/C12H16O5.Cr/c1-13-7-10-6-11(16-8-14-2)4-5-12(10)17-9-15-3;/h4-6H,8-9H2,1-3H3;. The number of benzene rings is 1. The van der Waals surface area contributed by atoms with Gasteiger partial charge in [-0.3, -0.25) is 0 Å². The van der Waals surface area contributed by atoms with Crippen molar-refractivity contribution in [2.24, 2.45) is 0 Å². The first-order chi connectivity index (χ1) is 8.72. The zero-order valence-corrected chi connectivity index (χ0v) is 11.9. The van der Waals surface area contributed by atoms with E-state index in [1.807, 2.05) is 0 Å². The van der Waals surface area contributed by atoms with E-state index in [1.165, 1.54) is 0 Å². The molecule has 0 saturated heterocycles. The molecular weight excluding hydrogens is 276 g/mol. The van der Waals surface area contributed by atoms with Gasteiger partial charge >= 0.3 is 114 Å². The summed E-state index contributed by atoms with van der Waals surface area (Å²) in [6, 6.07) is 5.38. The Morgan fingerprint density at radius 1 is 1.06 bits per heavy atom. The molecule has 5 nitrogen and oxygen atoms in total. The summed E-state index contributed by atoms with van der Waals surface area (Å²) in [5, 5.41) is 0. The average molecular weight is 292 g/mol. The quantitative estimate of drug-likeness (QED) is 0.676. The maximum absolute atomic E-state index is 5.44. The van der Waals surface area contributed by atoms with E-state index in [0.29, 0.717) is 16.1 Å². The van der Waals surface area contributed by atoms with Crippen molar-refractivity contribution in [2.45, 2.75) is 0 Å². The van der Waals surface area contributed by atoms with Gasteiger partial charge in [0.1, 0.15) is 0 Å². The molecule has 0 radical (unpaired) electrons. The molecule has 0 unspecified atom stereocenters. The average Bonchev–Trinajstić information content (AvgIpc) is 2.42. The zero-order chi connectivity index (χ0) is 13.4. The van der Waals surface area contributed by atoms with Gasteiger partial charge in [0.25, 0.3) is 0 Å². The molecule has 0 N–H and O–H groups in total. The molecule has 100 valence electrons. The molecular formula is C12H16CrO5. The molecule has 6 heteroatoms. The summed E-state index contributed by atoms with van der Waals surface area (Å²) in [4.78, 5) is 0. The summed E-state index contributed by atoms with van der Waals surface area (Å²) in [6.07, 6.45) is 0. The van der Waals surface area contributed by atoms with Crippen molar-refractivity contribution in [2.75, 3.05) is 34.9 Å². The van der Waals surface area contributed by atoms with Crippen molar-refractivity contribution >= 4 is 4.57 Å². The van der Waals surface area contributed by atoms with Crippen LogP contribution in [-0.2, 0) is 30.1 Å². The number of hydrogen-bond acceptors (Lipinski definition) is 5. The molecule has 0 heterocycles. The van der Waals surface area contributed by atoms with Crippen molar-refractivity contribution in [3.05, 3.63) is 23.8 Å². The van der Waals surface area contributed by atoms with Gasteiger partial charge in [-0.15, -0.1) is 0 Å². The van der Waals surface area contributed by atoms with Gasteiger partial charge in [-0.2, -0.15) is 0 Å². The third-order valence-electron chi connectivity index (χ3n) is 2.03. The van der Waals surface area contributed by atoms with Crippen LogP contribution in [0.4, 0.5) is 0 Å². The number of ether oxygens (including phenoxy) is 5. The van der Waals surface area contributed by atoms with Gasteiger partial charge in [0.15, 0.2) is 0 Å². The van der Waals surface area contributed by atoms with Crippen LogP contribution in [0.15, 0.2) is 18.2 Å². The molecule has 0 aromatic heterocycles. The molecule has 18 heavy (non-hydrogen) atoms. The first-order valence-corrected chi connectivity index (χ1v) is 5.82. The Morgan fingerprint density at radius 3 is 2.33 bits per heavy atom. The molecule has 0 aliphatic heterocycles. The summed E-state index contributed by atoms with van der Waals surface area (Å²) in [5.74, 6) is 1.32. The number of methoxy groups -OCH3 is 3. The molecule has 0 spiro atoms. The summed E-state index contributed by atoms with van der Waals surface area (Å²) in [6.45, 7) is 0.357. The molecule has 0 amide bonds. The van der Waals surface area contributed by atoms with Gasteiger partial charge in [-0.1, -0.05) is 0 Å². The Labute approximate surface area is 115 Å². The van der Waals surface area contributed by atoms with Crippen molar-refractivity contribution in [3.63, 3.8) is 0 Å².